The fraction of sp³-hybridized carbons (Fsp3) is 0.333. The molecule has 1 aliphatic rings. The van der Waals surface area contributed by atoms with Crippen molar-refractivity contribution in [2.75, 3.05) is 31.1 Å². The zero-order valence-electron chi connectivity index (χ0n) is 26.7. The van der Waals surface area contributed by atoms with Gasteiger partial charge < -0.3 is 15.2 Å². The molecular weight excluding hydrogens is 562 g/mol. The lowest BCUT2D eigenvalue weighted by atomic mass is 10.0. The number of aromatic nitrogens is 4. The summed E-state index contributed by atoms with van der Waals surface area (Å²) in [6.07, 6.45) is 3.64. The summed E-state index contributed by atoms with van der Waals surface area (Å²) in [5, 5.41) is 8.38. The van der Waals surface area contributed by atoms with Crippen LogP contribution in [0.15, 0.2) is 77.9 Å². The van der Waals surface area contributed by atoms with Gasteiger partial charge in [0.1, 0.15) is 5.82 Å². The molecule has 0 aliphatic carbocycles. The van der Waals surface area contributed by atoms with Crippen LogP contribution in [0.4, 0.5) is 5.82 Å². The summed E-state index contributed by atoms with van der Waals surface area (Å²) < 4.78 is 1.93. The maximum absolute atomic E-state index is 13.8. The highest BCUT2D eigenvalue weighted by Gasteiger charge is 2.21. The summed E-state index contributed by atoms with van der Waals surface area (Å²) in [4.78, 5) is 39.4. The molecule has 0 radical (unpaired) electrons. The fourth-order valence-corrected chi connectivity index (χ4v) is 6.10. The van der Waals surface area contributed by atoms with Gasteiger partial charge in [-0.05, 0) is 81.6 Å². The number of carbonyl (C=O) groups excluding carboxylic acids is 1. The van der Waals surface area contributed by atoms with E-state index in [0.29, 0.717) is 17.2 Å². The molecule has 2 N–H and O–H groups in total. The first-order valence-electron chi connectivity index (χ1n) is 15.7. The van der Waals surface area contributed by atoms with Crippen LogP contribution in [0.3, 0.4) is 0 Å². The van der Waals surface area contributed by atoms with Crippen molar-refractivity contribution >= 4 is 22.6 Å². The molecule has 9 heteroatoms. The van der Waals surface area contributed by atoms with E-state index in [4.69, 9.17) is 4.98 Å². The van der Waals surface area contributed by atoms with Crippen molar-refractivity contribution in [2.24, 2.45) is 0 Å². The molecule has 5 aromatic rings. The van der Waals surface area contributed by atoms with Crippen LogP contribution in [0, 0.1) is 6.92 Å². The molecule has 1 saturated heterocycles. The Balaban J connectivity index is 1.26. The number of nitrogens with zero attached hydrogens (tertiary/aromatic N) is 5. The lowest BCUT2D eigenvalue weighted by Gasteiger charge is -2.37. The standard InChI is InChI=1S/C36H41N7O2/c1-23(2)41-13-15-42(16-14-41)34-12-11-27(20-37-34)28-18-29(31-22-39-43(24(3)4)33(31)19-28)35(44)38-21-30-25(5)17-32(40-36(30)45)26-9-7-6-8-10-26/h6-12,17-20,22-24H,13-16,21H2,1-5H3,(H,38,44)(H,40,45). The van der Waals surface area contributed by atoms with Crippen molar-refractivity contribution in [2.45, 2.75) is 53.2 Å². The summed E-state index contributed by atoms with van der Waals surface area (Å²) in [5.41, 5.74) is 6.03. The van der Waals surface area contributed by atoms with E-state index in [1.54, 1.807) is 6.20 Å². The molecule has 4 heterocycles. The number of pyridine rings is 2. The van der Waals surface area contributed by atoms with Crippen LogP contribution >= 0.6 is 0 Å². The Morgan fingerprint density at radius 3 is 2.29 bits per heavy atom. The van der Waals surface area contributed by atoms with Gasteiger partial charge in [0.25, 0.3) is 11.5 Å². The van der Waals surface area contributed by atoms with E-state index in [2.05, 4.69) is 71.1 Å². The average Bonchev–Trinajstić information content (AvgIpc) is 3.49. The van der Waals surface area contributed by atoms with Gasteiger partial charge in [-0.25, -0.2) is 4.98 Å². The van der Waals surface area contributed by atoms with Crippen molar-refractivity contribution in [1.82, 2.24) is 30.0 Å². The van der Waals surface area contributed by atoms with Crippen LogP contribution in [0.5, 0.6) is 0 Å². The predicted molar refractivity (Wildman–Crippen MR) is 181 cm³/mol. The van der Waals surface area contributed by atoms with E-state index in [1.165, 1.54) is 0 Å². The van der Waals surface area contributed by atoms with Gasteiger partial charge in [0, 0.05) is 73.2 Å². The molecule has 0 bridgehead atoms. The summed E-state index contributed by atoms with van der Waals surface area (Å²) in [6, 6.07) is 20.5. The van der Waals surface area contributed by atoms with Crippen molar-refractivity contribution in [3.05, 3.63) is 100 Å². The maximum atomic E-state index is 13.8. The predicted octanol–water partition coefficient (Wildman–Crippen LogP) is 5.80. The Labute approximate surface area is 263 Å². The minimum atomic E-state index is -0.260. The van der Waals surface area contributed by atoms with Gasteiger partial charge in [-0.15, -0.1) is 0 Å². The van der Waals surface area contributed by atoms with Gasteiger partial charge in [-0.2, -0.15) is 5.10 Å². The zero-order chi connectivity index (χ0) is 31.7. The third-order valence-electron chi connectivity index (χ3n) is 8.77. The summed E-state index contributed by atoms with van der Waals surface area (Å²) in [7, 11) is 0. The first-order valence-corrected chi connectivity index (χ1v) is 15.7. The molecule has 0 saturated carbocycles. The van der Waals surface area contributed by atoms with Crippen LogP contribution in [0.1, 0.15) is 55.2 Å². The number of anilines is 1. The number of carbonyl (C=O) groups is 1. The van der Waals surface area contributed by atoms with Crippen molar-refractivity contribution in [1.29, 1.82) is 0 Å². The Kier molecular flexibility index (Phi) is 8.54. The van der Waals surface area contributed by atoms with E-state index in [9.17, 15) is 9.59 Å². The van der Waals surface area contributed by atoms with Crippen molar-refractivity contribution in [3.63, 3.8) is 0 Å². The lowest BCUT2D eigenvalue weighted by Crippen LogP contribution is -2.49. The molecule has 1 aliphatic heterocycles. The Morgan fingerprint density at radius 2 is 1.64 bits per heavy atom. The highest BCUT2D eigenvalue weighted by atomic mass is 16.1. The van der Waals surface area contributed by atoms with Gasteiger partial charge in [0.15, 0.2) is 0 Å². The highest BCUT2D eigenvalue weighted by Crippen LogP contribution is 2.30. The van der Waals surface area contributed by atoms with Gasteiger partial charge in [-0.1, -0.05) is 30.3 Å². The molecule has 3 aromatic heterocycles. The lowest BCUT2D eigenvalue weighted by molar-refractivity contribution is 0.0952. The molecular formula is C36H41N7O2. The number of amides is 1. The molecule has 9 nitrogen and oxygen atoms in total. The van der Waals surface area contributed by atoms with Crippen molar-refractivity contribution in [3.8, 4) is 22.4 Å². The second-order valence-electron chi connectivity index (χ2n) is 12.4. The average molecular weight is 604 g/mol. The molecule has 0 spiro atoms. The second kappa shape index (κ2) is 12.7. The van der Waals surface area contributed by atoms with Crippen LogP contribution in [0.25, 0.3) is 33.3 Å². The van der Waals surface area contributed by atoms with Crippen molar-refractivity contribution < 1.29 is 4.79 Å². The number of hydrogen-bond acceptors (Lipinski definition) is 6. The first-order chi connectivity index (χ1) is 21.7. The first kappa shape index (κ1) is 30.3. The minimum absolute atomic E-state index is 0.111. The Bertz CT molecular complexity index is 1870. The fourth-order valence-electron chi connectivity index (χ4n) is 6.10. The smallest absolute Gasteiger partial charge is 0.253 e. The topological polar surface area (TPSA) is 99.2 Å². The molecule has 1 amide bonds. The molecule has 1 fully saturated rings. The Morgan fingerprint density at radius 1 is 0.889 bits per heavy atom. The van der Waals surface area contributed by atoms with E-state index in [1.807, 2.05) is 60.3 Å². The molecule has 232 valence electrons. The second-order valence-corrected chi connectivity index (χ2v) is 12.4. The monoisotopic (exact) mass is 603 g/mol. The summed E-state index contributed by atoms with van der Waals surface area (Å²) in [5.74, 6) is 0.705. The molecule has 2 aromatic carbocycles. The molecule has 45 heavy (non-hydrogen) atoms. The van der Waals surface area contributed by atoms with Crippen LogP contribution in [-0.2, 0) is 6.54 Å². The minimum Gasteiger partial charge on any atom is -0.354 e. The zero-order valence-corrected chi connectivity index (χ0v) is 26.7. The number of nitrogens with one attached hydrogen (secondary N) is 2. The van der Waals surface area contributed by atoms with E-state index in [0.717, 1.165) is 70.8 Å². The number of piperazine rings is 1. The third kappa shape index (κ3) is 6.26. The largest absolute Gasteiger partial charge is 0.354 e. The van der Waals surface area contributed by atoms with E-state index >= 15 is 0 Å². The number of benzene rings is 2. The van der Waals surface area contributed by atoms with Crippen LogP contribution < -0.4 is 15.8 Å². The summed E-state index contributed by atoms with van der Waals surface area (Å²) in [6.45, 7) is 14.6. The van der Waals surface area contributed by atoms with Gasteiger partial charge >= 0.3 is 0 Å². The number of H-pyrrole nitrogens is 1. The van der Waals surface area contributed by atoms with Crippen LogP contribution in [0.2, 0.25) is 0 Å². The van der Waals surface area contributed by atoms with Gasteiger partial charge in [0.05, 0.1) is 17.3 Å². The van der Waals surface area contributed by atoms with E-state index in [-0.39, 0.29) is 24.1 Å². The molecule has 0 atom stereocenters. The number of rotatable bonds is 8. The number of aryl methyl sites for hydroxylation is 1. The number of fused-ring (bicyclic) bond motifs is 1. The highest BCUT2D eigenvalue weighted by molar-refractivity contribution is 6.08. The third-order valence-corrected chi connectivity index (χ3v) is 8.77. The normalized spacial score (nSPS) is 14.1. The number of hydrogen-bond donors (Lipinski definition) is 2. The number of aromatic amines is 1. The SMILES string of the molecule is Cc1cc(-c2ccccc2)[nH]c(=O)c1CNC(=O)c1cc(-c2ccc(N3CCN(C(C)C)CC3)nc2)cc2c1cnn2C(C)C. The van der Waals surface area contributed by atoms with E-state index < -0.39 is 0 Å². The quantitative estimate of drug-likeness (QED) is 0.233. The maximum Gasteiger partial charge on any atom is 0.253 e. The Hall–Kier alpha value is -4.76. The van der Waals surface area contributed by atoms with Crippen LogP contribution in [-0.4, -0.2) is 62.8 Å². The molecule has 0 unspecified atom stereocenters. The molecule has 6 rings (SSSR count). The van der Waals surface area contributed by atoms with Gasteiger partial charge in [0.2, 0.25) is 0 Å². The summed E-state index contributed by atoms with van der Waals surface area (Å²) >= 11 is 0. The van der Waals surface area contributed by atoms with Gasteiger partial charge in [-0.3, -0.25) is 19.2 Å².